The molecule has 0 atom stereocenters. The third-order valence-electron chi connectivity index (χ3n) is 3.44. The summed E-state index contributed by atoms with van der Waals surface area (Å²) in [5.41, 5.74) is 1.73. The van der Waals surface area contributed by atoms with Crippen molar-refractivity contribution in [2.75, 3.05) is 7.11 Å². The smallest absolute Gasteiger partial charge is 0.336 e. The minimum atomic E-state index is -0.410. The van der Waals surface area contributed by atoms with E-state index < -0.39 is 5.97 Å². The van der Waals surface area contributed by atoms with Gasteiger partial charge in [-0.2, -0.15) is 0 Å². The minimum Gasteiger partial charge on any atom is -0.496 e. The number of esters is 1. The lowest BCUT2D eigenvalue weighted by Crippen LogP contribution is -2.15. The first kappa shape index (κ1) is 16.8. The second-order valence-corrected chi connectivity index (χ2v) is 6.24. The first-order valence-corrected chi connectivity index (χ1v) is 7.54. The van der Waals surface area contributed by atoms with Crippen molar-refractivity contribution in [3.8, 4) is 11.5 Å². The van der Waals surface area contributed by atoms with E-state index in [0.29, 0.717) is 11.5 Å². The van der Waals surface area contributed by atoms with Crippen LogP contribution in [0.3, 0.4) is 0 Å². The Kier molecular flexibility index (Phi) is 5.22. The third-order valence-corrected chi connectivity index (χ3v) is 3.44. The molecule has 120 valence electrons. The highest BCUT2D eigenvalue weighted by Crippen LogP contribution is 2.31. The number of rotatable bonds is 4. The Morgan fingerprint density at radius 2 is 1.57 bits per heavy atom. The maximum atomic E-state index is 12.1. The molecule has 0 aliphatic carbocycles. The highest BCUT2D eigenvalue weighted by molar-refractivity contribution is 5.89. The van der Waals surface area contributed by atoms with Crippen molar-refractivity contribution in [3.05, 3.63) is 65.7 Å². The summed E-state index contributed by atoms with van der Waals surface area (Å²) in [4.78, 5) is 12.1. The van der Waals surface area contributed by atoms with Gasteiger partial charge in [-0.05, 0) is 23.6 Å². The monoisotopic (exact) mass is 310 g/mol. The zero-order valence-corrected chi connectivity index (χ0v) is 14.0. The second kappa shape index (κ2) is 7.14. The van der Waals surface area contributed by atoms with Crippen LogP contribution >= 0.6 is 0 Å². The molecule has 0 saturated heterocycles. The van der Waals surface area contributed by atoms with Crippen LogP contribution in [0.25, 0.3) is 6.08 Å². The SMILES string of the molecule is COc1ccccc1/C=C/C(=O)Oc1ccccc1C(C)(C)C. The van der Waals surface area contributed by atoms with Gasteiger partial charge in [0.05, 0.1) is 7.11 Å². The van der Waals surface area contributed by atoms with Gasteiger partial charge in [0.1, 0.15) is 11.5 Å². The zero-order valence-electron chi connectivity index (χ0n) is 14.0. The number of hydrogen-bond acceptors (Lipinski definition) is 3. The minimum absolute atomic E-state index is 0.0940. The molecular formula is C20H22O3. The van der Waals surface area contributed by atoms with Crippen molar-refractivity contribution < 1.29 is 14.3 Å². The molecule has 0 bridgehead atoms. The van der Waals surface area contributed by atoms with E-state index >= 15 is 0 Å². The van der Waals surface area contributed by atoms with Crippen molar-refractivity contribution >= 4 is 12.0 Å². The van der Waals surface area contributed by atoms with Gasteiger partial charge in [-0.1, -0.05) is 57.2 Å². The molecular weight excluding hydrogens is 288 g/mol. The number of hydrogen-bond donors (Lipinski definition) is 0. The molecule has 0 amide bonds. The predicted octanol–water partition coefficient (Wildman–Crippen LogP) is 4.61. The van der Waals surface area contributed by atoms with Gasteiger partial charge < -0.3 is 9.47 Å². The molecule has 0 saturated carbocycles. The van der Waals surface area contributed by atoms with Crippen LogP contribution in [0.4, 0.5) is 0 Å². The van der Waals surface area contributed by atoms with E-state index in [2.05, 4.69) is 20.8 Å². The fraction of sp³-hybridized carbons (Fsp3) is 0.250. The average Bonchev–Trinajstić information content (AvgIpc) is 2.52. The highest BCUT2D eigenvalue weighted by Gasteiger charge is 2.19. The number of ether oxygens (including phenoxy) is 2. The number of para-hydroxylation sites is 2. The van der Waals surface area contributed by atoms with Gasteiger partial charge in [0.25, 0.3) is 0 Å². The number of carbonyl (C=O) groups excluding carboxylic acids is 1. The summed E-state index contributed by atoms with van der Waals surface area (Å²) < 4.78 is 10.8. The summed E-state index contributed by atoms with van der Waals surface area (Å²) in [7, 11) is 1.60. The Balaban J connectivity index is 2.16. The van der Waals surface area contributed by atoms with E-state index in [0.717, 1.165) is 11.1 Å². The van der Waals surface area contributed by atoms with E-state index in [1.54, 1.807) is 13.2 Å². The zero-order chi connectivity index (χ0) is 16.9. The van der Waals surface area contributed by atoms with Gasteiger partial charge in [0, 0.05) is 17.2 Å². The molecule has 0 spiro atoms. The van der Waals surface area contributed by atoms with Gasteiger partial charge in [-0.25, -0.2) is 4.79 Å². The fourth-order valence-corrected chi connectivity index (χ4v) is 2.28. The Bertz CT molecular complexity index is 709. The Labute approximate surface area is 137 Å². The van der Waals surface area contributed by atoms with Crippen molar-refractivity contribution in [2.24, 2.45) is 0 Å². The lowest BCUT2D eigenvalue weighted by atomic mass is 9.86. The van der Waals surface area contributed by atoms with Crippen LogP contribution in [0.15, 0.2) is 54.6 Å². The highest BCUT2D eigenvalue weighted by atomic mass is 16.5. The summed E-state index contributed by atoms with van der Waals surface area (Å²) in [5.74, 6) is 0.897. The molecule has 2 rings (SSSR count). The van der Waals surface area contributed by atoms with Crippen LogP contribution in [-0.4, -0.2) is 13.1 Å². The lowest BCUT2D eigenvalue weighted by Gasteiger charge is -2.21. The molecule has 23 heavy (non-hydrogen) atoms. The second-order valence-electron chi connectivity index (χ2n) is 6.24. The van der Waals surface area contributed by atoms with Crippen LogP contribution < -0.4 is 9.47 Å². The summed E-state index contributed by atoms with van der Waals surface area (Å²) in [6, 6.07) is 15.1. The fourth-order valence-electron chi connectivity index (χ4n) is 2.28. The topological polar surface area (TPSA) is 35.5 Å². The van der Waals surface area contributed by atoms with Crippen molar-refractivity contribution in [1.29, 1.82) is 0 Å². The summed E-state index contributed by atoms with van der Waals surface area (Å²) in [6.45, 7) is 6.26. The van der Waals surface area contributed by atoms with E-state index in [1.165, 1.54) is 6.08 Å². The summed E-state index contributed by atoms with van der Waals surface area (Å²) in [5, 5.41) is 0. The molecule has 3 heteroatoms. The predicted molar refractivity (Wildman–Crippen MR) is 92.8 cm³/mol. The van der Waals surface area contributed by atoms with Gasteiger partial charge in [-0.3, -0.25) is 0 Å². The van der Waals surface area contributed by atoms with Crippen molar-refractivity contribution in [3.63, 3.8) is 0 Å². The summed E-state index contributed by atoms with van der Waals surface area (Å²) in [6.07, 6.45) is 3.11. The lowest BCUT2D eigenvalue weighted by molar-refractivity contribution is -0.128. The molecule has 2 aromatic carbocycles. The molecule has 0 fully saturated rings. The third kappa shape index (κ3) is 4.46. The number of benzene rings is 2. The average molecular weight is 310 g/mol. The van der Waals surface area contributed by atoms with Gasteiger partial charge in [0.15, 0.2) is 0 Å². The van der Waals surface area contributed by atoms with Crippen molar-refractivity contribution in [1.82, 2.24) is 0 Å². The number of methoxy groups -OCH3 is 1. The molecule has 0 N–H and O–H groups in total. The van der Waals surface area contributed by atoms with Crippen LogP contribution in [-0.2, 0) is 10.2 Å². The molecule has 3 nitrogen and oxygen atoms in total. The maximum Gasteiger partial charge on any atom is 0.336 e. The first-order valence-electron chi connectivity index (χ1n) is 7.54. The van der Waals surface area contributed by atoms with Gasteiger partial charge in [-0.15, -0.1) is 0 Å². The van der Waals surface area contributed by atoms with Gasteiger partial charge in [0.2, 0.25) is 0 Å². The molecule has 2 aromatic rings. The van der Waals surface area contributed by atoms with E-state index in [1.807, 2.05) is 48.5 Å². The molecule has 0 radical (unpaired) electrons. The van der Waals surface area contributed by atoms with Crippen molar-refractivity contribution in [2.45, 2.75) is 26.2 Å². The quantitative estimate of drug-likeness (QED) is 0.470. The normalized spacial score (nSPS) is 11.5. The number of carbonyl (C=O) groups is 1. The van der Waals surface area contributed by atoms with E-state index in [4.69, 9.17) is 9.47 Å². The Morgan fingerprint density at radius 3 is 2.22 bits per heavy atom. The van der Waals surface area contributed by atoms with Crippen LogP contribution in [0.1, 0.15) is 31.9 Å². The van der Waals surface area contributed by atoms with Crippen LogP contribution in [0.5, 0.6) is 11.5 Å². The van der Waals surface area contributed by atoms with E-state index in [-0.39, 0.29) is 5.41 Å². The van der Waals surface area contributed by atoms with Crippen LogP contribution in [0.2, 0.25) is 0 Å². The summed E-state index contributed by atoms with van der Waals surface area (Å²) >= 11 is 0. The van der Waals surface area contributed by atoms with E-state index in [9.17, 15) is 4.79 Å². The molecule has 0 aliphatic heterocycles. The molecule has 0 aromatic heterocycles. The molecule has 0 unspecified atom stereocenters. The van der Waals surface area contributed by atoms with Crippen LogP contribution in [0, 0.1) is 0 Å². The standard InChI is InChI=1S/C20H22O3/c1-20(2,3)16-10-6-8-12-18(16)23-19(21)14-13-15-9-5-7-11-17(15)22-4/h5-14H,1-4H3/b14-13+. The van der Waals surface area contributed by atoms with Gasteiger partial charge >= 0.3 is 5.97 Å². The first-order chi connectivity index (χ1) is 10.9. The Morgan fingerprint density at radius 1 is 0.957 bits per heavy atom. The largest absolute Gasteiger partial charge is 0.496 e. The Hall–Kier alpha value is -2.55. The molecule has 0 heterocycles. The maximum absolute atomic E-state index is 12.1. The molecule has 0 aliphatic rings.